The van der Waals surface area contributed by atoms with Gasteiger partial charge in [-0.2, -0.15) is 0 Å². The molecule has 132 valence electrons. The summed E-state index contributed by atoms with van der Waals surface area (Å²) in [4.78, 5) is 11.5. The second-order valence-corrected chi connectivity index (χ2v) is 5.79. The lowest BCUT2D eigenvalue weighted by atomic mass is 10.1. The molecule has 0 amide bonds. The summed E-state index contributed by atoms with van der Waals surface area (Å²) >= 11 is 0. The molecule has 0 radical (unpaired) electrons. The van der Waals surface area contributed by atoms with Gasteiger partial charge in [0.15, 0.2) is 6.10 Å². The Balaban J connectivity index is 1.58. The highest BCUT2D eigenvalue weighted by atomic mass is 16.5. The minimum atomic E-state index is -1.01. The van der Waals surface area contributed by atoms with Crippen LogP contribution in [-0.2, 0) is 4.79 Å². The summed E-state index contributed by atoms with van der Waals surface area (Å²) in [6.07, 6.45) is -0.703. The molecule has 0 unspecified atom stereocenters. The molecule has 0 saturated carbocycles. The van der Waals surface area contributed by atoms with Crippen LogP contribution in [-0.4, -0.2) is 23.8 Å². The van der Waals surface area contributed by atoms with Gasteiger partial charge < -0.3 is 14.6 Å². The number of hydrogen-bond acceptors (Lipinski definition) is 3. The summed E-state index contributed by atoms with van der Waals surface area (Å²) in [5.74, 6) is 0.231. The number of benzene rings is 3. The van der Waals surface area contributed by atoms with Gasteiger partial charge in [-0.15, -0.1) is 0 Å². The summed E-state index contributed by atoms with van der Waals surface area (Å²) in [5, 5.41) is 9.38. The Bertz CT molecular complexity index is 814. The van der Waals surface area contributed by atoms with E-state index in [9.17, 15) is 9.90 Å². The average molecular weight is 348 g/mol. The second-order valence-electron chi connectivity index (χ2n) is 5.79. The average Bonchev–Trinajstić information content (AvgIpc) is 2.69. The number of ether oxygens (including phenoxy) is 2. The molecule has 26 heavy (non-hydrogen) atoms. The van der Waals surface area contributed by atoms with E-state index in [1.165, 1.54) is 0 Å². The van der Waals surface area contributed by atoms with Gasteiger partial charge in [0.2, 0.25) is 0 Å². The Morgan fingerprint density at radius 2 is 1.35 bits per heavy atom. The van der Waals surface area contributed by atoms with Crippen molar-refractivity contribution in [2.75, 3.05) is 6.61 Å². The predicted molar refractivity (Wildman–Crippen MR) is 100 cm³/mol. The summed E-state index contributed by atoms with van der Waals surface area (Å²) in [6.45, 7) is 0.267. The smallest absolute Gasteiger partial charge is 0.345 e. The van der Waals surface area contributed by atoms with Crippen molar-refractivity contribution in [1.29, 1.82) is 0 Å². The first-order valence-corrected chi connectivity index (χ1v) is 8.45. The first kappa shape index (κ1) is 17.5. The molecule has 0 heterocycles. The molecule has 0 aliphatic rings. The van der Waals surface area contributed by atoms with Gasteiger partial charge in [-0.3, -0.25) is 0 Å². The van der Waals surface area contributed by atoms with Crippen LogP contribution in [0.5, 0.6) is 11.5 Å². The molecule has 0 spiro atoms. The van der Waals surface area contributed by atoms with Crippen LogP contribution in [0.3, 0.4) is 0 Å². The van der Waals surface area contributed by atoms with Gasteiger partial charge in [0.25, 0.3) is 0 Å². The Hall–Kier alpha value is -3.27. The SMILES string of the molecule is O=C(O)[C@H](CCOc1ccccc1)Oc1ccc(-c2ccccc2)cc1. The maximum Gasteiger partial charge on any atom is 0.345 e. The van der Waals surface area contributed by atoms with Crippen LogP contribution in [0.1, 0.15) is 6.42 Å². The number of carboxylic acid groups (broad SMARTS) is 1. The summed E-state index contributed by atoms with van der Waals surface area (Å²) in [6, 6.07) is 26.7. The maximum absolute atomic E-state index is 11.5. The van der Waals surface area contributed by atoms with Crippen molar-refractivity contribution >= 4 is 5.97 Å². The van der Waals surface area contributed by atoms with Crippen LogP contribution in [0.4, 0.5) is 0 Å². The zero-order chi connectivity index (χ0) is 18.2. The first-order valence-electron chi connectivity index (χ1n) is 8.45. The third kappa shape index (κ3) is 4.86. The topological polar surface area (TPSA) is 55.8 Å². The van der Waals surface area contributed by atoms with E-state index in [1.807, 2.05) is 72.8 Å². The molecule has 3 aromatic rings. The van der Waals surface area contributed by atoms with E-state index in [0.717, 1.165) is 11.1 Å². The molecular weight excluding hydrogens is 328 g/mol. The van der Waals surface area contributed by atoms with Crippen molar-refractivity contribution in [1.82, 2.24) is 0 Å². The molecule has 3 rings (SSSR count). The molecule has 0 aliphatic heterocycles. The molecule has 0 bridgehead atoms. The summed E-state index contributed by atoms with van der Waals surface area (Å²) in [5.41, 5.74) is 2.15. The maximum atomic E-state index is 11.5. The zero-order valence-electron chi connectivity index (χ0n) is 14.2. The van der Waals surface area contributed by atoms with Crippen molar-refractivity contribution in [3.8, 4) is 22.6 Å². The third-order valence-corrected chi connectivity index (χ3v) is 3.91. The second kappa shape index (κ2) is 8.72. The van der Waals surface area contributed by atoms with Gasteiger partial charge in [-0.25, -0.2) is 4.79 Å². The highest BCUT2D eigenvalue weighted by molar-refractivity contribution is 5.73. The number of para-hydroxylation sites is 1. The largest absolute Gasteiger partial charge is 0.493 e. The number of carbonyl (C=O) groups is 1. The third-order valence-electron chi connectivity index (χ3n) is 3.91. The first-order chi connectivity index (χ1) is 12.7. The minimum Gasteiger partial charge on any atom is -0.493 e. The Labute approximate surface area is 152 Å². The van der Waals surface area contributed by atoms with Crippen molar-refractivity contribution in [2.24, 2.45) is 0 Å². The molecule has 0 fully saturated rings. The quantitative estimate of drug-likeness (QED) is 0.643. The standard InChI is InChI=1S/C22H20O4/c23-22(24)21(15-16-25-19-9-5-2-6-10-19)26-20-13-11-18(12-14-20)17-7-3-1-4-8-17/h1-14,21H,15-16H2,(H,23,24)/t21-/m0/s1. The van der Waals surface area contributed by atoms with Crippen molar-refractivity contribution in [2.45, 2.75) is 12.5 Å². The van der Waals surface area contributed by atoms with Gasteiger partial charge in [0, 0.05) is 6.42 Å². The molecule has 0 aliphatic carbocycles. The van der Waals surface area contributed by atoms with Gasteiger partial charge in [0.1, 0.15) is 11.5 Å². The van der Waals surface area contributed by atoms with Crippen LogP contribution in [0.2, 0.25) is 0 Å². The zero-order valence-corrected chi connectivity index (χ0v) is 14.2. The Kier molecular flexibility index (Phi) is 5.88. The van der Waals surface area contributed by atoms with E-state index in [0.29, 0.717) is 11.5 Å². The van der Waals surface area contributed by atoms with E-state index < -0.39 is 12.1 Å². The lowest BCUT2D eigenvalue weighted by molar-refractivity contribution is -0.145. The molecule has 0 aromatic heterocycles. The number of rotatable bonds is 8. The van der Waals surface area contributed by atoms with Gasteiger partial charge in [-0.1, -0.05) is 60.7 Å². The highest BCUT2D eigenvalue weighted by Gasteiger charge is 2.19. The Morgan fingerprint density at radius 3 is 1.96 bits per heavy atom. The molecule has 1 N–H and O–H groups in total. The van der Waals surface area contributed by atoms with Gasteiger partial charge >= 0.3 is 5.97 Å². The van der Waals surface area contributed by atoms with Crippen LogP contribution in [0.15, 0.2) is 84.9 Å². The molecule has 3 aromatic carbocycles. The molecule has 4 nitrogen and oxygen atoms in total. The predicted octanol–water partition coefficient (Wildman–Crippen LogP) is 4.65. The monoisotopic (exact) mass is 348 g/mol. The fraction of sp³-hybridized carbons (Fsp3) is 0.136. The molecule has 1 atom stereocenters. The van der Waals surface area contributed by atoms with Crippen LogP contribution in [0, 0.1) is 0 Å². The Morgan fingerprint density at radius 1 is 0.769 bits per heavy atom. The van der Waals surface area contributed by atoms with E-state index >= 15 is 0 Å². The number of aliphatic carboxylic acids is 1. The lowest BCUT2D eigenvalue weighted by Gasteiger charge is -2.16. The molecular formula is C22H20O4. The number of carboxylic acids is 1. The van der Waals surface area contributed by atoms with E-state index in [2.05, 4.69) is 0 Å². The van der Waals surface area contributed by atoms with Gasteiger partial charge in [0.05, 0.1) is 6.61 Å². The molecule has 0 saturated heterocycles. The summed E-state index contributed by atoms with van der Waals surface area (Å²) < 4.78 is 11.2. The highest BCUT2D eigenvalue weighted by Crippen LogP contribution is 2.23. The van der Waals surface area contributed by atoms with Crippen LogP contribution < -0.4 is 9.47 Å². The van der Waals surface area contributed by atoms with Crippen LogP contribution in [0.25, 0.3) is 11.1 Å². The van der Waals surface area contributed by atoms with E-state index in [4.69, 9.17) is 9.47 Å². The van der Waals surface area contributed by atoms with E-state index in [1.54, 1.807) is 12.1 Å². The fourth-order valence-electron chi connectivity index (χ4n) is 2.55. The van der Waals surface area contributed by atoms with Crippen molar-refractivity contribution in [3.63, 3.8) is 0 Å². The fourth-order valence-corrected chi connectivity index (χ4v) is 2.55. The van der Waals surface area contributed by atoms with Crippen LogP contribution >= 0.6 is 0 Å². The minimum absolute atomic E-state index is 0.255. The summed E-state index contributed by atoms with van der Waals surface area (Å²) in [7, 11) is 0. The lowest BCUT2D eigenvalue weighted by Crippen LogP contribution is -2.29. The van der Waals surface area contributed by atoms with Gasteiger partial charge in [-0.05, 0) is 35.4 Å². The number of hydrogen-bond donors (Lipinski definition) is 1. The van der Waals surface area contributed by atoms with Crippen molar-refractivity contribution < 1.29 is 19.4 Å². The van der Waals surface area contributed by atoms with E-state index in [-0.39, 0.29) is 13.0 Å². The molecule has 4 heteroatoms. The normalized spacial score (nSPS) is 11.5. The van der Waals surface area contributed by atoms with Crippen molar-refractivity contribution in [3.05, 3.63) is 84.9 Å².